The van der Waals surface area contributed by atoms with Crippen LogP contribution in [0.25, 0.3) is 0 Å². The molecule has 31 heavy (non-hydrogen) atoms. The summed E-state index contributed by atoms with van der Waals surface area (Å²) in [6, 6.07) is 7.74. The minimum absolute atomic E-state index is 0.0130. The van der Waals surface area contributed by atoms with Gasteiger partial charge in [-0.3, -0.25) is 4.79 Å². The summed E-state index contributed by atoms with van der Waals surface area (Å²) in [5.41, 5.74) is 1.04. The number of nitrogens with one attached hydrogen (secondary N) is 1. The molecule has 2 heterocycles. The number of amides is 3. The van der Waals surface area contributed by atoms with E-state index in [0.29, 0.717) is 19.6 Å². The highest BCUT2D eigenvalue weighted by Crippen LogP contribution is 2.34. The Kier molecular flexibility index (Phi) is 8.28. The van der Waals surface area contributed by atoms with Gasteiger partial charge in [-0.1, -0.05) is 26.0 Å². The van der Waals surface area contributed by atoms with E-state index in [9.17, 15) is 14.0 Å². The largest absolute Gasteiger partial charge is 0.488 e. The second-order valence-corrected chi connectivity index (χ2v) is 8.55. The highest BCUT2D eigenvalue weighted by molar-refractivity contribution is 7.10. The van der Waals surface area contributed by atoms with Gasteiger partial charge in [0.2, 0.25) is 5.91 Å². The molecule has 0 bridgehead atoms. The summed E-state index contributed by atoms with van der Waals surface area (Å²) >= 11 is 1.66. The van der Waals surface area contributed by atoms with Crippen LogP contribution in [0, 0.1) is 5.82 Å². The Labute approximate surface area is 187 Å². The van der Waals surface area contributed by atoms with Crippen molar-refractivity contribution in [2.45, 2.75) is 39.2 Å². The van der Waals surface area contributed by atoms with E-state index < -0.39 is 5.82 Å². The first kappa shape index (κ1) is 23.1. The third kappa shape index (κ3) is 5.76. The summed E-state index contributed by atoms with van der Waals surface area (Å²) in [5, 5.41) is 4.86. The van der Waals surface area contributed by atoms with E-state index in [0.717, 1.165) is 24.8 Å². The quantitative estimate of drug-likeness (QED) is 0.626. The van der Waals surface area contributed by atoms with Crippen LogP contribution < -0.4 is 10.1 Å². The van der Waals surface area contributed by atoms with Gasteiger partial charge in [-0.15, -0.1) is 11.3 Å². The lowest BCUT2D eigenvalue weighted by Crippen LogP contribution is -2.50. The Hall–Kier alpha value is -2.61. The third-order valence-electron chi connectivity index (χ3n) is 5.28. The molecule has 8 heteroatoms. The molecule has 0 aliphatic carbocycles. The molecule has 6 nitrogen and oxygen atoms in total. The van der Waals surface area contributed by atoms with Crippen molar-refractivity contribution >= 4 is 23.3 Å². The smallest absolute Gasteiger partial charge is 0.317 e. The van der Waals surface area contributed by atoms with E-state index in [1.807, 2.05) is 25.3 Å². The van der Waals surface area contributed by atoms with E-state index in [-0.39, 0.29) is 36.9 Å². The average Bonchev–Trinajstić information content (AvgIpc) is 3.25. The second kappa shape index (κ2) is 11.1. The minimum atomic E-state index is -0.427. The van der Waals surface area contributed by atoms with Gasteiger partial charge in [0.15, 0.2) is 11.6 Å². The zero-order valence-electron chi connectivity index (χ0n) is 18.1. The number of carbonyl (C=O) groups is 2. The van der Waals surface area contributed by atoms with Gasteiger partial charge in [0.25, 0.3) is 0 Å². The fraction of sp³-hybridized carbons (Fsp3) is 0.478. The Morgan fingerprint density at radius 3 is 2.81 bits per heavy atom. The van der Waals surface area contributed by atoms with Crippen molar-refractivity contribution in [3.8, 4) is 5.75 Å². The molecule has 1 aromatic heterocycles. The van der Waals surface area contributed by atoms with Crippen molar-refractivity contribution in [3.05, 3.63) is 52.0 Å². The highest BCUT2D eigenvalue weighted by atomic mass is 32.1. The van der Waals surface area contributed by atoms with Crippen molar-refractivity contribution < 1.29 is 18.7 Å². The van der Waals surface area contributed by atoms with Gasteiger partial charge in [0.05, 0.1) is 6.04 Å². The van der Waals surface area contributed by atoms with Crippen LogP contribution >= 0.6 is 11.3 Å². The number of hydrogen-bond donors (Lipinski definition) is 1. The number of hydrogen-bond acceptors (Lipinski definition) is 4. The lowest BCUT2D eigenvalue weighted by molar-refractivity contribution is -0.135. The molecule has 0 saturated carbocycles. The van der Waals surface area contributed by atoms with Crippen LogP contribution in [0.3, 0.4) is 0 Å². The standard InChI is InChI=1S/C23H30FN3O3S/c1-3-11-25-23(29)26(12-4-2)15-22(28)27-13-9-21-17(10-14-31-21)19(27)16-30-20-8-6-5-7-18(20)24/h5-8,10,14,19H,3-4,9,11-13,15-16H2,1-2H3,(H,25,29)/t19-/m1/s1. The molecule has 0 fully saturated rings. The molecule has 0 radical (unpaired) electrons. The number of nitrogens with zero attached hydrogens (tertiary/aromatic N) is 2. The molecule has 1 aliphatic rings. The van der Waals surface area contributed by atoms with Gasteiger partial charge in [-0.2, -0.15) is 0 Å². The van der Waals surface area contributed by atoms with E-state index in [4.69, 9.17) is 4.74 Å². The highest BCUT2D eigenvalue weighted by Gasteiger charge is 2.33. The Balaban J connectivity index is 1.74. The van der Waals surface area contributed by atoms with E-state index >= 15 is 0 Å². The Bertz CT molecular complexity index is 888. The lowest BCUT2D eigenvalue weighted by atomic mass is 10.0. The molecule has 168 valence electrons. The zero-order chi connectivity index (χ0) is 22.2. The first-order valence-electron chi connectivity index (χ1n) is 10.8. The third-order valence-corrected chi connectivity index (χ3v) is 6.28. The average molecular weight is 448 g/mol. The fourth-order valence-electron chi connectivity index (χ4n) is 3.73. The number of halogens is 1. The first-order chi connectivity index (χ1) is 15.0. The molecule has 0 spiro atoms. The number of carbonyl (C=O) groups excluding carboxylic acids is 2. The number of para-hydroxylation sites is 1. The summed E-state index contributed by atoms with van der Waals surface area (Å²) in [6.45, 7) is 5.78. The number of benzene rings is 1. The number of thiophene rings is 1. The van der Waals surface area contributed by atoms with Crippen LogP contribution in [0.15, 0.2) is 35.7 Å². The van der Waals surface area contributed by atoms with Crippen LogP contribution in [0.4, 0.5) is 9.18 Å². The van der Waals surface area contributed by atoms with Gasteiger partial charge < -0.3 is 19.9 Å². The molecular formula is C23H30FN3O3S. The molecule has 3 amide bonds. The molecule has 1 atom stereocenters. The van der Waals surface area contributed by atoms with Crippen molar-refractivity contribution in [2.75, 3.05) is 32.8 Å². The van der Waals surface area contributed by atoms with Crippen LogP contribution in [0.1, 0.15) is 43.2 Å². The number of ether oxygens (including phenoxy) is 1. The van der Waals surface area contributed by atoms with Gasteiger partial charge in [-0.05, 0) is 48.4 Å². The predicted octanol–water partition coefficient (Wildman–Crippen LogP) is 4.22. The molecule has 3 rings (SSSR count). The maximum atomic E-state index is 14.0. The van der Waals surface area contributed by atoms with E-state index in [2.05, 4.69) is 5.32 Å². The van der Waals surface area contributed by atoms with Crippen LogP contribution in [0.5, 0.6) is 5.75 Å². The lowest BCUT2D eigenvalue weighted by Gasteiger charge is -2.37. The van der Waals surface area contributed by atoms with Gasteiger partial charge >= 0.3 is 6.03 Å². The summed E-state index contributed by atoms with van der Waals surface area (Å²) in [6.07, 6.45) is 2.37. The first-order valence-corrected chi connectivity index (χ1v) is 11.7. The number of fused-ring (bicyclic) bond motifs is 1. The van der Waals surface area contributed by atoms with Crippen LogP contribution in [-0.2, 0) is 11.2 Å². The maximum Gasteiger partial charge on any atom is 0.317 e. The monoisotopic (exact) mass is 447 g/mol. The summed E-state index contributed by atoms with van der Waals surface area (Å²) in [5.74, 6) is -0.383. The maximum absolute atomic E-state index is 14.0. The summed E-state index contributed by atoms with van der Waals surface area (Å²) in [7, 11) is 0. The predicted molar refractivity (Wildman–Crippen MR) is 120 cm³/mol. The number of urea groups is 1. The molecule has 1 aromatic carbocycles. The van der Waals surface area contributed by atoms with E-state index in [1.54, 1.807) is 39.3 Å². The Morgan fingerprint density at radius 1 is 1.26 bits per heavy atom. The molecular weight excluding hydrogens is 417 g/mol. The van der Waals surface area contributed by atoms with Gasteiger partial charge in [0.1, 0.15) is 13.2 Å². The Morgan fingerprint density at radius 2 is 2.06 bits per heavy atom. The van der Waals surface area contributed by atoms with Crippen LogP contribution in [-0.4, -0.2) is 54.5 Å². The van der Waals surface area contributed by atoms with Crippen LogP contribution in [0.2, 0.25) is 0 Å². The van der Waals surface area contributed by atoms with E-state index in [1.165, 1.54) is 10.9 Å². The fourth-order valence-corrected chi connectivity index (χ4v) is 4.65. The minimum Gasteiger partial charge on any atom is -0.488 e. The molecule has 1 N–H and O–H groups in total. The molecule has 0 unspecified atom stereocenters. The second-order valence-electron chi connectivity index (χ2n) is 7.55. The number of rotatable bonds is 9. The summed E-state index contributed by atoms with van der Waals surface area (Å²) in [4.78, 5) is 30.3. The zero-order valence-corrected chi connectivity index (χ0v) is 18.9. The van der Waals surface area contributed by atoms with Gasteiger partial charge in [0, 0.05) is 24.5 Å². The molecule has 1 aliphatic heterocycles. The molecule has 0 saturated heterocycles. The van der Waals surface area contributed by atoms with Crippen molar-refractivity contribution in [1.82, 2.24) is 15.1 Å². The SMILES string of the molecule is CCCNC(=O)N(CCC)CC(=O)N1CCc2sccc2[C@H]1COc1ccccc1F. The normalized spacial score (nSPS) is 15.3. The van der Waals surface area contributed by atoms with Crippen molar-refractivity contribution in [3.63, 3.8) is 0 Å². The summed E-state index contributed by atoms with van der Waals surface area (Å²) < 4.78 is 19.8. The molecule has 2 aromatic rings. The topological polar surface area (TPSA) is 61.9 Å². The van der Waals surface area contributed by atoms with Gasteiger partial charge in [-0.25, -0.2) is 9.18 Å². The van der Waals surface area contributed by atoms with Crippen molar-refractivity contribution in [2.24, 2.45) is 0 Å². The van der Waals surface area contributed by atoms with Crippen molar-refractivity contribution in [1.29, 1.82) is 0 Å².